The van der Waals surface area contributed by atoms with Crippen molar-refractivity contribution in [2.24, 2.45) is 0 Å². The Morgan fingerprint density at radius 2 is 1.71 bits per heavy atom. The molecule has 0 radical (unpaired) electrons. The van der Waals surface area contributed by atoms with Crippen molar-refractivity contribution in [1.29, 1.82) is 0 Å². The summed E-state index contributed by atoms with van der Waals surface area (Å²) in [5.41, 5.74) is -0.0557. The van der Waals surface area contributed by atoms with Crippen LogP contribution in [-0.2, 0) is 19.7 Å². The summed E-state index contributed by atoms with van der Waals surface area (Å²) < 4.78 is 30.2. The van der Waals surface area contributed by atoms with Gasteiger partial charge in [-0.2, -0.15) is 8.42 Å². The first kappa shape index (κ1) is 19.9. The molecule has 0 aliphatic heterocycles. The summed E-state index contributed by atoms with van der Waals surface area (Å²) in [6.45, 7) is 11.5. The van der Waals surface area contributed by atoms with Crippen LogP contribution in [0.2, 0.25) is 0 Å². The minimum Gasteiger partial charge on any atom is -0.298 e. The molecule has 0 amide bonds. The van der Waals surface area contributed by atoms with E-state index in [0.29, 0.717) is 13.1 Å². The summed E-state index contributed by atoms with van der Waals surface area (Å²) in [4.78, 5) is 25.1. The molecule has 0 saturated heterocycles. The van der Waals surface area contributed by atoms with Gasteiger partial charge in [-0.1, -0.05) is 6.58 Å². The fraction of sp³-hybridized carbons (Fsp3) is 0.714. The van der Waals surface area contributed by atoms with Crippen molar-refractivity contribution in [3.8, 4) is 0 Å². The molecule has 1 N–H and O–H groups in total. The summed E-state index contributed by atoms with van der Waals surface area (Å²) in [7, 11) is -3.98. The molecule has 0 aliphatic rings. The van der Waals surface area contributed by atoms with E-state index in [1.807, 2.05) is 25.7 Å². The van der Waals surface area contributed by atoms with Crippen LogP contribution < -0.4 is 0 Å². The lowest BCUT2D eigenvalue weighted by Gasteiger charge is -2.35. The maximum Gasteiger partial charge on any atom is 0.264 e. The molecule has 7 heteroatoms. The highest BCUT2D eigenvalue weighted by Crippen LogP contribution is 2.15. The molecule has 0 unspecified atom stereocenters. The van der Waals surface area contributed by atoms with E-state index in [2.05, 4.69) is 6.58 Å². The number of hydrogen-bond acceptors (Lipinski definition) is 5. The van der Waals surface area contributed by atoms with E-state index < -0.39 is 21.7 Å². The molecule has 122 valence electrons. The number of carbonyl (C=O) groups is 2. The quantitative estimate of drug-likeness (QED) is 0.393. The average Bonchev–Trinajstić information content (AvgIpc) is 2.28. The Balaban J connectivity index is 4.56. The van der Waals surface area contributed by atoms with Crippen LogP contribution in [0.25, 0.3) is 0 Å². The topological polar surface area (TPSA) is 91.8 Å². The number of nitrogens with zero attached hydrogens (tertiary/aromatic N) is 1. The Hall–Kier alpha value is -1.05. The molecule has 0 spiro atoms. The highest BCUT2D eigenvalue weighted by atomic mass is 32.2. The van der Waals surface area contributed by atoms with E-state index in [1.165, 1.54) is 6.92 Å². The van der Waals surface area contributed by atoms with E-state index >= 15 is 0 Å². The summed E-state index contributed by atoms with van der Waals surface area (Å²) in [5, 5.41) is 0. The Kier molecular flexibility index (Phi) is 7.43. The van der Waals surface area contributed by atoms with E-state index in [0.717, 1.165) is 0 Å². The second-order valence-corrected chi connectivity index (χ2v) is 7.65. The van der Waals surface area contributed by atoms with Crippen molar-refractivity contribution < 1.29 is 22.6 Å². The number of Topliss-reactive ketones (excluding diaryl/α,β-unsaturated/α-hetero) is 2. The van der Waals surface area contributed by atoms with Crippen molar-refractivity contribution in [3.05, 3.63) is 12.2 Å². The summed E-state index contributed by atoms with van der Waals surface area (Å²) in [6.07, 6.45) is 0.327. The number of carbonyl (C=O) groups excluding carboxylic acids is 2. The maximum atomic E-state index is 11.7. The third-order valence-electron chi connectivity index (χ3n) is 3.03. The monoisotopic (exact) mass is 319 g/mol. The molecule has 0 aromatic carbocycles. The molecular formula is C14H25NO5S. The molecular weight excluding hydrogens is 294 g/mol. The van der Waals surface area contributed by atoms with E-state index in [-0.39, 0.29) is 29.7 Å². The van der Waals surface area contributed by atoms with Gasteiger partial charge in [-0.3, -0.25) is 19.0 Å². The molecule has 0 aromatic heterocycles. The van der Waals surface area contributed by atoms with Crippen LogP contribution in [0.3, 0.4) is 0 Å². The Morgan fingerprint density at radius 1 is 1.19 bits per heavy atom. The van der Waals surface area contributed by atoms with Crippen LogP contribution in [0, 0.1) is 0 Å². The fourth-order valence-corrected chi connectivity index (χ4v) is 2.30. The normalized spacial score (nSPS) is 12.5. The SMILES string of the molecule is C=C(C)C(=O)C(=O)CCN(CCCS(=O)(=O)O)C(C)(C)C. The van der Waals surface area contributed by atoms with Crippen LogP contribution in [0.15, 0.2) is 12.2 Å². The predicted molar refractivity (Wildman–Crippen MR) is 81.8 cm³/mol. The summed E-state index contributed by atoms with van der Waals surface area (Å²) in [5.74, 6) is -1.38. The van der Waals surface area contributed by atoms with Gasteiger partial charge in [0.25, 0.3) is 10.1 Å². The van der Waals surface area contributed by atoms with Crippen LogP contribution in [0.1, 0.15) is 40.5 Å². The van der Waals surface area contributed by atoms with Gasteiger partial charge in [0.2, 0.25) is 11.6 Å². The van der Waals surface area contributed by atoms with Gasteiger partial charge in [0.15, 0.2) is 0 Å². The molecule has 0 heterocycles. The third-order valence-corrected chi connectivity index (χ3v) is 3.83. The number of rotatable bonds is 9. The number of allylic oxidation sites excluding steroid dienone is 1. The van der Waals surface area contributed by atoms with Gasteiger partial charge in [-0.25, -0.2) is 0 Å². The molecule has 21 heavy (non-hydrogen) atoms. The Morgan fingerprint density at radius 3 is 2.10 bits per heavy atom. The molecule has 0 aliphatic carbocycles. The van der Waals surface area contributed by atoms with E-state index in [9.17, 15) is 18.0 Å². The minimum atomic E-state index is -3.98. The number of hydrogen-bond donors (Lipinski definition) is 1. The van der Waals surface area contributed by atoms with Crippen molar-refractivity contribution in [2.45, 2.75) is 46.1 Å². The molecule has 0 bridgehead atoms. The highest BCUT2D eigenvalue weighted by Gasteiger charge is 2.23. The lowest BCUT2D eigenvalue weighted by Crippen LogP contribution is -2.43. The van der Waals surface area contributed by atoms with Crippen molar-refractivity contribution in [1.82, 2.24) is 4.90 Å². The fourth-order valence-electron chi connectivity index (χ4n) is 1.81. The zero-order valence-corrected chi connectivity index (χ0v) is 14.0. The van der Waals surface area contributed by atoms with Crippen LogP contribution in [0.4, 0.5) is 0 Å². The van der Waals surface area contributed by atoms with Crippen LogP contribution in [0.5, 0.6) is 0 Å². The summed E-state index contributed by atoms with van der Waals surface area (Å²) >= 11 is 0. The van der Waals surface area contributed by atoms with Crippen LogP contribution in [-0.4, -0.2) is 53.8 Å². The zero-order valence-electron chi connectivity index (χ0n) is 13.2. The lowest BCUT2D eigenvalue weighted by molar-refractivity contribution is -0.134. The van der Waals surface area contributed by atoms with Gasteiger partial charge in [0.05, 0.1) is 5.75 Å². The molecule has 0 saturated carbocycles. The Labute approximate surface area is 127 Å². The van der Waals surface area contributed by atoms with Gasteiger partial charge in [0, 0.05) is 18.5 Å². The van der Waals surface area contributed by atoms with Crippen molar-refractivity contribution in [3.63, 3.8) is 0 Å². The standard InChI is InChI=1S/C14H25NO5S/c1-11(2)13(17)12(16)7-9-15(14(3,4)5)8-6-10-21(18,19)20/h1,6-10H2,2-5H3,(H,18,19,20). The molecule has 0 aromatic rings. The van der Waals surface area contributed by atoms with Gasteiger partial charge in [0.1, 0.15) is 0 Å². The van der Waals surface area contributed by atoms with Crippen molar-refractivity contribution in [2.75, 3.05) is 18.8 Å². The molecule has 0 fully saturated rings. The first-order chi connectivity index (χ1) is 9.34. The molecule has 6 nitrogen and oxygen atoms in total. The smallest absolute Gasteiger partial charge is 0.264 e. The van der Waals surface area contributed by atoms with Crippen LogP contribution >= 0.6 is 0 Å². The van der Waals surface area contributed by atoms with Crippen molar-refractivity contribution >= 4 is 21.7 Å². The van der Waals surface area contributed by atoms with Gasteiger partial charge in [-0.05, 0) is 46.2 Å². The van der Waals surface area contributed by atoms with Gasteiger partial charge < -0.3 is 0 Å². The second kappa shape index (κ2) is 7.82. The average molecular weight is 319 g/mol. The minimum absolute atomic E-state index is 0.0643. The number of ketones is 2. The highest BCUT2D eigenvalue weighted by molar-refractivity contribution is 7.85. The maximum absolute atomic E-state index is 11.7. The van der Waals surface area contributed by atoms with E-state index in [1.54, 1.807) is 0 Å². The van der Waals surface area contributed by atoms with Gasteiger partial charge >= 0.3 is 0 Å². The van der Waals surface area contributed by atoms with E-state index in [4.69, 9.17) is 4.55 Å². The second-order valence-electron chi connectivity index (χ2n) is 6.08. The zero-order chi connectivity index (χ0) is 16.8. The lowest BCUT2D eigenvalue weighted by atomic mass is 10.0. The third kappa shape index (κ3) is 8.75. The summed E-state index contributed by atoms with van der Waals surface area (Å²) in [6, 6.07) is 0. The first-order valence-electron chi connectivity index (χ1n) is 6.78. The Bertz CT molecular complexity index is 502. The molecule has 0 rings (SSSR count). The largest absolute Gasteiger partial charge is 0.298 e. The molecule has 0 atom stereocenters. The predicted octanol–water partition coefficient (Wildman–Crippen LogP) is 1.47. The van der Waals surface area contributed by atoms with Gasteiger partial charge in [-0.15, -0.1) is 0 Å². The first-order valence-corrected chi connectivity index (χ1v) is 8.39.